The van der Waals surface area contributed by atoms with E-state index in [9.17, 15) is 9.59 Å². The highest BCUT2D eigenvalue weighted by Crippen LogP contribution is 2.38. The Balaban J connectivity index is 4.45. The molecular weight excluding hydrogens is 439 g/mol. The van der Waals surface area contributed by atoms with Gasteiger partial charge in [0, 0.05) is 25.3 Å². The van der Waals surface area contributed by atoms with E-state index >= 15 is 0 Å². The van der Waals surface area contributed by atoms with Crippen molar-refractivity contribution in [3.8, 4) is 0 Å². The maximum atomic E-state index is 12.0. The van der Waals surface area contributed by atoms with Crippen molar-refractivity contribution < 1.29 is 32.6 Å². The highest BCUT2D eigenvalue weighted by atomic mass is 79.9. The van der Waals surface area contributed by atoms with Gasteiger partial charge in [-0.25, -0.2) is 0 Å². The van der Waals surface area contributed by atoms with E-state index in [2.05, 4.69) is 29.8 Å². The molecule has 0 aliphatic carbocycles. The number of hydrogen-bond donors (Lipinski definition) is 0. The Kier molecular flexibility index (Phi) is 18.9. The normalized spacial score (nSPS) is 13.2. The molecule has 1 unspecified atom stereocenters. The molecule has 0 fully saturated rings. The van der Waals surface area contributed by atoms with E-state index in [1.165, 1.54) is 7.11 Å². The third-order valence-corrected chi connectivity index (χ3v) is 4.86. The number of carbonyl (C=O) groups is 2. The van der Waals surface area contributed by atoms with Gasteiger partial charge in [0.15, 0.2) is 6.10 Å². The fraction of sp³-hybridized carbons (Fsp3) is 0.889. The number of esters is 2. The summed E-state index contributed by atoms with van der Waals surface area (Å²) >= 11 is 3.26. The van der Waals surface area contributed by atoms with Gasteiger partial charge < -0.3 is 23.0 Å². The largest absolute Gasteiger partial charge is 0.462 e. The van der Waals surface area contributed by atoms with Crippen molar-refractivity contribution in [3.05, 3.63) is 0 Å². The Morgan fingerprint density at radius 2 is 1.56 bits per heavy atom. The van der Waals surface area contributed by atoms with Crippen LogP contribution < -0.4 is 0 Å². The van der Waals surface area contributed by atoms with Crippen LogP contribution in [0.25, 0.3) is 0 Å². The van der Waals surface area contributed by atoms with Crippen LogP contribution in [0.4, 0.5) is 0 Å². The second-order valence-corrected chi connectivity index (χ2v) is 8.06. The van der Waals surface area contributed by atoms with Crippen molar-refractivity contribution in [2.24, 2.45) is 0 Å². The summed E-state index contributed by atoms with van der Waals surface area (Å²) in [6, 6.07) is 0. The maximum absolute atomic E-state index is 12.0. The van der Waals surface area contributed by atoms with Crippen molar-refractivity contribution in [2.75, 3.05) is 32.3 Å². The molecule has 0 radical (unpaired) electrons. The third-order valence-electron chi connectivity index (χ3n) is 3.49. The standard InChI is InChI=1S/C18H34BrO7P/c1-4-6-8-10-17(20)23-14-16(26-18(21)11-9-7-5-2)15-25-27(22-3)24-13-12-19/h16H,4-15H2,1-3H3/t16-,27?/m1/s1. The lowest BCUT2D eigenvalue weighted by Gasteiger charge is -2.20. The first-order valence-corrected chi connectivity index (χ1v) is 11.8. The Morgan fingerprint density at radius 1 is 0.926 bits per heavy atom. The van der Waals surface area contributed by atoms with Gasteiger partial charge in [-0.05, 0) is 12.8 Å². The highest BCUT2D eigenvalue weighted by molar-refractivity contribution is 9.09. The second-order valence-electron chi connectivity index (χ2n) is 5.93. The first kappa shape index (κ1) is 26.7. The first-order chi connectivity index (χ1) is 13.1. The SMILES string of the molecule is CCCCCC(=O)OC[C@H](COP(OC)OCCBr)OC(=O)CCCCC. The molecule has 27 heavy (non-hydrogen) atoms. The molecule has 0 aliphatic rings. The predicted octanol–water partition coefficient (Wildman–Crippen LogP) is 4.90. The van der Waals surface area contributed by atoms with Gasteiger partial charge >= 0.3 is 20.5 Å². The van der Waals surface area contributed by atoms with Crippen molar-refractivity contribution in [3.63, 3.8) is 0 Å². The van der Waals surface area contributed by atoms with Crippen molar-refractivity contribution in [1.82, 2.24) is 0 Å². The highest BCUT2D eigenvalue weighted by Gasteiger charge is 2.21. The molecule has 0 saturated carbocycles. The molecule has 0 amide bonds. The van der Waals surface area contributed by atoms with Crippen LogP contribution in [-0.4, -0.2) is 50.3 Å². The second kappa shape index (κ2) is 19.1. The van der Waals surface area contributed by atoms with Gasteiger partial charge in [0.2, 0.25) is 0 Å². The van der Waals surface area contributed by atoms with Crippen LogP contribution in [-0.2, 0) is 32.6 Å². The Labute approximate surface area is 172 Å². The quantitative estimate of drug-likeness (QED) is 0.121. The topological polar surface area (TPSA) is 80.3 Å². The van der Waals surface area contributed by atoms with Crippen LogP contribution in [0.2, 0.25) is 0 Å². The summed E-state index contributed by atoms with van der Waals surface area (Å²) in [6.45, 7) is 4.59. The van der Waals surface area contributed by atoms with E-state index in [-0.39, 0.29) is 25.2 Å². The molecule has 0 aliphatic heterocycles. The van der Waals surface area contributed by atoms with Gasteiger partial charge in [-0.3, -0.25) is 9.59 Å². The van der Waals surface area contributed by atoms with E-state index in [1.807, 2.05) is 0 Å². The summed E-state index contributed by atoms with van der Waals surface area (Å²) < 4.78 is 26.7. The van der Waals surface area contributed by atoms with Crippen LogP contribution in [0.5, 0.6) is 0 Å². The first-order valence-electron chi connectivity index (χ1n) is 9.58. The fourth-order valence-electron chi connectivity index (χ4n) is 2.05. The molecule has 9 heteroatoms. The van der Waals surface area contributed by atoms with E-state index in [0.29, 0.717) is 24.8 Å². The van der Waals surface area contributed by atoms with E-state index in [4.69, 9.17) is 23.0 Å². The molecule has 0 saturated heterocycles. The Hall–Kier alpha value is -0.270. The average Bonchev–Trinajstić information content (AvgIpc) is 2.66. The summed E-state index contributed by atoms with van der Waals surface area (Å²) in [5.41, 5.74) is 0. The molecule has 0 spiro atoms. The number of rotatable bonds is 18. The zero-order valence-electron chi connectivity index (χ0n) is 16.7. The van der Waals surface area contributed by atoms with Crippen LogP contribution >= 0.6 is 24.5 Å². The van der Waals surface area contributed by atoms with Crippen LogP contribution in [0.15, 0.2) is 0 Å². The summed E-state index contributed by atoms with van der Waals surface area (Å²) in [7, 11) is -0.0494. The van der Waals surface area contributed by atoms with Crippen molar-refractivity contribution in [2.45, 2.75) is 71.3 Å². The molecular formula is C18H34BrO7P. The monoisotopic (exact) mass is 472 g/mol. The zero-order valence-corrected chi connectivity index (χ0v) is 19.2. The van der Waals surface area contributed by atoms with E-state index in [0.717, 1.165) is 38.5 Å². The minimum Gasteiger partial charge on any atom is -0.462 e. The average molecular weight is 473 g/mol. The molecule has 0 bridgehead atoms. The number of alkyl halides is 1. The minimum absolute atomic E-state index is 0.0319. The van der Waals surface area contributed by atoms with Gasteiger partial charge in [-0.1, -0.05) is 55.5 Å². The maximum Gasteiger partial charge on any atom is 0.332 e. The fourth-order valence-corrected chi connectivity index (χ4v) is 3.28. The number of carbonyl (C=O) groups excluding carboxylic acids is 2. The van der Waals surface area contributed by atoms with Gasteiger partial charge in [0.1, 0.15) is 6.61 Å². The summed E-state index contributed by atoms with van der Waals surface area (Å²) in [4.78, 5) is 23.8. The molecule has 7 nitrogen and oxygen atoms in total. The zero-order chi connectivity index (χ0) is 20.3. The molecule has 0 aromatic carbocycles. The Morgan fingerprint density at radius 3 is 2.11 bits per heavy atom. The summed E-state index contributed by atoms with van der Waals surface area (Å²) in [6.07, 6.45) is 5.61. The molecule has 0 heterocycles. The van der Waals surface area contributed by atoms with Crippen LogP contribution in [0.3, 0.4) is 0 Å². The smallest absolute Gasteiger partial charge is 0.332 e. The molecule has 160 valence electrons. The molecule has 0 N–H and O–H groups in total. The molecule has 0 rings (SSSR count). The van der Waals surface area contributed by atoms with Gasteiger partial charge in [0.05, 0.1) is 13.2 Å². The van der Waals surface area contributed by atoms with E-state index < -0.39 is 14.7 Å². The van der Waals surface area contributed by atoms with Crippen molar-refractivity contribution in [1.29, 1.82) is 0 Å². The van der Waals surface area contributed by atoms with Crippen molar-refractivity contribution >= 4 is 36.5 Å². The minimum atomic E-state index is -1.53. The number of unbranched alkanes of at least 4 members (excludes halogenated alkanes) is 4. The summed E-state index contributed by atoms with van der Waals surface area (Å²) in [5.74, 6) is -0.609. The van der Waals surface area contributed by atoms with Gasteiger partial charge in [-0.2, -0.15) is 0 Å². The summed E-state index contributed by atoms with van der Waals surface area (Å²) in [5, 5.41) is 0.657. The van der Waals surface area contributed by atoms with Gasteiger partial charge in [0.25, 0.3) is 0 Å². The van der Waals surface area contributed by atoms with Gasteiger partial charge in [-0.15, -0.1) is 0 Å². The lowest BCUT2D eigenvalue weighted by atomic mass is 10.2. The van der Waals surface area contributed by atoms with E-state index in [1.54, 1.807) is 0 Å². The van der Waals surface area contributed by atoms with Crippen LogP contribution in [0, 0.1) is 0 Å². The van der Waals surface area contributed by atoms with Crippen LogP contribution in [0.1, 0.15) is 65.2 Å². The Bertz CT molecular complexity index is 385. The lowest BCUT2D eigenvalue weighted by Crippen LogP contribution is -2.29. The third kappa shape index (κ3) is 16.4. The molecule has 2 atom stereocenters. The number of halogens is 1. The molecule has 0 aromatic heterocycles. The predicted molar refractivity (Wildman–Crippen MR) is 109 cm³/mol. The lowest BCUT2D eigenvalue weighted by molar-refractivity contribution is -0.161. The number of ether oxygens (including phenoxy) is 2. The number of hydrogen-bond acceptors (Lipinski definition) is 7. The molecule has 0 aromatic rings.